The molecule has 19 heavy (non-hydrogen) atoms. The fourth-order valence-corrected chi connectivity index (χ4v) is 1.37. The van der Waals surface area contributed by atoms with E-state index in [0.717, 1.165) is 13.0 Å². The van der Waals surface area contributed by atoms with Gasteiger partial charge in [-0.1, -0.05) is 6.07 Å². The van der Waals surface area contributed by atoms with Crippen LogP contribution in [0.15, 0.2) is 18.2 Å². The van der Waals surface area contributed by atoms with E-state index in [4.69, 9.17) is 5.11 Å². The average molecular weight is 275 g/mol. The third kappa shape index (κ3) is 3.70. The van der Waals surface area contributed by atoms with Gasteiger partial charge in [-0.25, -0.2) is 0 Å². The Kier molecular flexibility index (Phi) is 4.18. The van der Waals surface area contributed by atoms with Crippen molar-refractivity contribution in [2.75, 3.05) is 5.32 Å². The van der Waals surface area contributed by atoms with Gasteiger partial charge in [-0.05, 0) is 31.5 Å². The van der Waals surface area contributed by atoms with Crippen LogP contribution in [0, 0.1) is 12.8 Å². The minimum Gasteiger partial charge on any atom is -0.481 e. The number of aryl methyl sites for hydroxylation is 1. The predicted octanol–water partition coefficient (Wildman–Crippen LogP) is 2.67. The lowest BCUT2D eigenvalue weighted by Gasteiger charge is -2.13. The third-order valence-corrected chi connectivity index (χ3v) is 2.57. The normalized spacial score (nSPS) is 12.9. The maximum absolute atomic E-state index is 12.6. The van der Waals surface area contributed by atoms with Crippen LogP contribution >= 0.6 is 0 Å². The van der Waals surface area contributed by atoms with Crippen molar-refractivity contribution >= 4 is 17.6 Å². The van der Waals surface area contributed by atoms with Crippen molar-refractivity contribution in [1.82, 2.24) is 0 Å². The molecule has 0 radical (unpaired) electrons. The lowest BCUT2D eigenvalue weighted by Crippen LogP contribution is -2.27. The number of alkyl halides is 3. The second-order valence-electron chi connectivity index (χ2n) is 4.08. The first-order valence-electron chi connectivity index (χ1n) is 5.34. The van der Waals surface area contributed by atoms with Gasteiger partial charge in [0.25, 0.3) is 0 Å². The zero-order valence-electron chi connectivity index (χ0n) is 10.2. The van der Waals surface area contributed by atoms with Crippen LogP contribution in [0.2, 0.25) is 0 Å². The first-order valence-corrected chi connectivity index (χ1v) is 5.34. The molecule has 0 saturated heterocycles. The Hall–Kier alpha value is -2.05. The highest BCUT2D eigenvalue weighted by atomic mass is 19.4. The van der Waals surface area contributed by atoms with Gasteiger partial charge in [0.05, 0.1) is 5.56 Å². The zero-order valence-corrected chi connectivity index (χ0v) is 10.2. The van der Waals surface area contributed by atoms with Crippen molar-refractivity contribution in [3.63, 3.8) is 0 Å². The summed E-state index contributed by atoms with van der Waals surface area (Å²) < 4.78 is 37.9. The van der Waals surface area contributed by atoms with Gasteiger partial charge in [-0.15, -0.1) is 0 Å². The molecule has 0 heterocycles. The molecule has 0 spiro atoms. The van der Waals surface area contributed by atoms with E-state index < -0.39 is 29.5 Å². The molecular formula is C12H12F3NO3. The molecule has 1 atom stereocenters. The van der Waals surface area contributed by atoms with Crippen molar-refractivity contribution in [2.45, 2.75) is 20.0 Å². The van der Waals surface area contributed by atoms with Crippen LogP contribution in [0.3, 0.4) is 0 Å². The van der Waals surface area contributed by atoms with Crippen LogP contribution in [0.25, 0.3) is 0 Å². The number of carboxylic acids is 1. The Balaban J connectivity index is 2.98. The number of benzene rings is 1. The molecule has 7 heteroatoms. The molecule has 1 unspecified atom stereocenters. The number of carboxylic acid groups (broad SMARTS) is 1. The van der Waals surface area contributed by atoms with Crippen LogP contribution in [0.5, 0.6) is 0 Å². The number of aliphatic carboxylic acids is 1. The first kappa shape index (κ1) is 15.0. The highest BCUT2D eigenvalue weighted by Crippen LogP contribution is 2.33. The number of hydrogen-bond donors (Lipinski definition) is 2. The van der Waals surface area contributed by atoms with Gasteiger partial charge in [0.1, 0.15) is 5.92 Å². The summed E-state index contributed by atoms with van der Waals surface area (Å²) in [7, 11) is 0. The highest BCUT2D eigenvalue weighted by Gasteiger charge is 2.32. The van der Waals surface area contributed by atoms with E-state index >= 15 is 0 Å². The van der Waals surface area contributed by atoms with E-state index in [1.54, 1.807) is 0 Å². The first-order chi connectivity index (χ1) is 8.62. The lowest BCUT2D eigenvalue weighted by molar-refractivity contribution is -0.144. The monoisotopic (exact) mass is 275 g/mol. The Morgan fingerprint density at radius 1 is 1.32 bits per heavy atom. The molecule has 1 rings (SSSR count). The van der Waals surface area contributed by atoms with Gasteiger partial charge in [0, 0.05) is 5.69 Å². The van der Waals surface area contributed by atoms with Gasteiger partial charge in [-0.2, -0.15) is 13.2 Å². The van der Waals surface area contributed by atoms with Gasteiger partial charge >= 0.3 is 12.1 Å². The van der Waals surface area contributed by atoms with Gasteiger partial charge in [0.2, 0.25) is 5.91 Å². The van der Waals surface area contributed by atoms with E-state index in [1.165, 1.54) is 19.1 Å². The van der Waals surface area contributed by atoms with E-state index in [1.807, 2.05) is 0 Å². The standard InChI is InChI=1S/C12H12F3NO3/c1-6-3-4-8(5-9(6)12(13,14)15)16-10(17)7(2)11(18)19/h3-5,7H,1-2H3,(H,16,17)(H,18,19). The number of halogens is 3. The summed E-state index contributed by atoms with van der Waals surface area (Å²) in [5.74, 6) is -3.55. The molecule has 0 fully saturated rings. The largest absolute Gasteiger partial charge is 0.481 e. The van der Waals surface area contributed by atoms with Crippen molar-refractivity contribution in [2.24, 2.45) is 5.92 Å². The Labute approximate surface area is 107 Å². The van der Waals surface area contributed by atoms with E-state index in [2.05, 4.69) is 5.32 Å². The molecule has 0 aromatic heterocycles. The van der Waals surface area contributed by atoms with Crippen molar-refractivity contribution in [3.05, 3.63) is 29.3 Å². The van der Waals surface area contributed by atoms with E-state index in [-0.39, 0.29) is 11.3 Å². The second-order valence-corrected chi connectivity index (χ2v) is 4.08. The second kappa shape index (κ2) is 5.29. The van der Waals surface area contributed by atoms with E-state index in [9.17, 15) is 22.8 Å². The quantitative estimate of drug-likeness (QED) is 0.833. The van der Waals surface area contributed by atoms with Crippen LogP contribution in [-0.2, 0) is 15.8 Å². The summed E-state index contributed by atoms with van der Waals surface area (Å²) in [5, 5.41) is 10.8. The Morgan fingerprint density at radius 3 is 2.37 bits per heavy atom. The van der Waals surface area contributed by atoms with Crippen LogP contribution in [-0.4, -0.2) is 17.0 Å². The van der Waals surface area contributed by atoms with Crippen LogP contribution < -0.4 is 5.32 Å². The number of nitrogens with one attached hydrogen (secondary N) is 1. The maximum Gasteiger partial charge on any atom is 0.416 e. The van der Waals surface area contributed by atoms with Gasteiger partial charge < -0.3 is 10.4 Å². The minimum absolute atomic E-state index is 0.0248. The number of carbonyl (C=O) groups excluding carboxylic acids is 1. The number of anilines is 1. The Morgan fingerprint density at radius 2 is 1.89 bits per heavy atom. The predicted molar refractivity (Wildman–Crippen MR) is 61.6 cm³/mol. The molecular weight excluding hydrogens is 263 g/mol. The molecule has 104 valence electrons. The summed E-state index contributed by atoms with van der Waals surface area (Å²) in [4.78, 5) is 22.0. The number of amides is 1. The Bertz CT molecular complexity index is 511. The number of rotatable bonds is 3. The molecule has 1 aromatic rings. The molecule has 2 N–H and O–H groups in total. The average Bonchev–Trinajstić information content (AvgIpc) is 2.28. The molecule has 4 nitrogen and oxygen atoms in total. The fraction of sp³-hybridized carbons (Fsp3) is 0.333. The summed E-state index contributed by atoms with van der Waals surface area (Å²) in [6.45, 7) is 2.45. The topological polar surface area (TPSA) is 66.4 Å². The summed E-state index contributed by atoms with van der Waals surface area (Å²) >= 11 is 0. The zero-order chi connectivity index (χ0) is 14.8. The van der Waals surface area contributed by atoms with Gasteiger partial charge in [0.15, 0.2) is 0 Å². The summed E-state index contributed by atoms with van der Waals surface area (Å²) in [6, 6.07) is 3.28. The molecule has 0 saturated carbocycles. The molecule has 1 amide bonds. The number of hydrogen-bond acceptors (Lipinski definition) is 2. The van der Waals surface area contributed by atoms with Gasteiger partial charge in [-0.3, -0.25) is 9.59 Å². The molecule has 0 aliphatic carbocycles. The van der Waals surface area contributed by atoms with Crippen molar-refractivity contribution < 1.29 is 27.9 Å². The van der Waals surface area contributed by atoms with Crippen molar-refractivity contribution in [1.29, 1.82) is 0 Å². The third-order valence-electron chi connectivity index (χ3n) is 2.57. The molecule has 0 bridgehead atoms. The minimum atomic E-state index is -4.52. The number of carbonyl (C=O) groups is 2. The SMILES string of the molecule is Cc1ccc(NC(=O)C(C)C(=O)O)cc1C(F)(F)F. The van der Waals surface area contributed by atoms with Crippen LogP contribution in [0.1, 0.15) is 18.1 Å². The highest BCUT2D eigenvalue weighted by molar-refractivity contribution is 6.03. The van der Waals surface area contributed by atoms with Crippen molar-refractivity contribution in [3.8, 4) is 0 Å². The summed E-state index contributed by atoms with van der Waals surface area (Å²) in [5.41, 5.74) is -0.930. The smallest absolute Gasteiger partial charge is 0.416 e. The maximum atomic E-state index is 12.6. The fourth-order valence-electron chi connectivity index (χ4n) is 1.37. The molecule has 1 aromatic carbocycles. The van der Waals surface area contributed by atoms with E-state index in [0.29, 0.717) is 0 Å². The molecule has 0 aliphatic heterocycles. The summed E-state index contributed by atoms with van der Waals surface area (Å²) in [6.07, 6.45) is -4.52. The molecule has 0 aliphatic rings. The van der Waals surface area contributed by atoms with Crippen LogP contribution in [0.4, 0.5) is 18.9 Å². The lowest BCUT2D eigenvalue weighted by atomic mass is 10.1.